The molecule has 0 aliphatic rings. The third-order valence-electron chi connectivity index (χ3n) is 2.55. The van der Waals surface area contributed by atoms with Crippen LogP contribution in [0, 0.1) is 0 Å². The van der Waals surface area contributed by atoms with Gasteiger partial charge in [0.25, 0.3) is 5.91 Å². The van der Waals surface area contributed by atoms with E-state index in [0.29, 0.717) is 12.3 Å². The van der Waals surface area contributed by atoms with Crippen LogP contribution in [0.4, 0.5) is 0 Å². The van der Waals surface area contributed by atoms with Crippen molar-refractivity contribution in [2.45, 2.75) is 25.9 Å². The molecule has 0 unspecified atom stereocenters. The average Bonchev–Trinajstić information content (AvgIpc) is 2.35. The van der Waals surface area contributed by atoms with Gasteiger partial charge in [-0.15, -0.1) is 0 Å². The van der Waals surface area contributed by atoms with Crippen molar-refractivity contribution < 1.29 is 14.6 Å². The summed E-state index contributed by atoms with van der Waals surface area (Å²) in [5.41, 5.74) is 5.56. The number of nitrogens with one attached hydrogen (secondary N) is 1. The summed E-state index contributed by atoms with van der Waals surface area (Å²) in [4.78, 5) is 10.8. The molecular weight excluding hydrogens is 312 g/mol. The second-order valence-corrected chi connectivity index (χ2v) is 5.82. The highest BCUT2D eigenvalue weighted by atomic mass is 79.9. The first-order chi connectivity index (χ1) is 8.84. The van der Waals surface area contributed by atoms with Crippen LogP contribution in [0.15, 0.2) is 22.7 Å². The maximum Gasteiger partial charge on any atom is 0.255 e. The molecule has 0 saturated heterocycles. The fraction of sp³-hybridized carbons (Fsp3) is 0.462. The molecule has 0 saturated carbocycles. The summed E-state index contributed by atoms with van der Waals surface area (Å²) < 4.78 is 6.27. The van der Waals surface area contributed by atoms with Gasteiger partial charge in [0.15, 0.2) is 6.61 Å². The number of carbonyl (C=O) groups excluding carboxylic acids is 1. The van der Waals surface area contributed by atoms with Crippen LogP contribution in [0.2, 0.25) is 0 Å². The maximum absolute atomic E-state index is 10.8. The average molecular weight is 331 g/mol. The van der Waals surface area contributed by atoms with Crippen LogP contribution in [-0.4, -0.2) is 29.8 Å². The lowest BCUT2D eigenvalue weighted by atomic mass is 10.1. The Labute approximate surface area is 121 Å². The van der Waals surface area contributed by atoms with Crippen molar-refractivity contribution >= 4 is 21.8 Å². The Morgan fingerprint density at radius 2 is 2.21 bits per heavy atom. The van der Waals surface area contributed by atoms with Gasteiger partial charge >= 0.3 is 0 Å². The Bertz CT molecular complexity index is 450. The number of hydrogen-bond acceptors (Lipinski definition) is 4. The molecule has 0 aliphatic carbocycles. The Hall–Kier alpha value is -1.11. The smallest absolute Gasteiger partial charge is 0.255 e. The number of halogens is 1. The summed E-state index contributed by atoms with van der Waals surface area (Å²) in [5, 5.41) is 12.4. The molecule has 0 aromatic heterocycles. The predicted octanol–water partition coefficient (Wildman–Crippen LogP) is 1.17. The summed E-state index contributed by atoms with van der Waals surface area (Å²) in [7, 11) is 0. The van der Waals surface area contributed by atoms with Gasteiger partial charge in [-0.05, 0) is 32.0 Å². The second kappa shape index (κ2) is 6.88. The summed E-state index contributed by atoms with van der Waals surface area (Å²) in [6.07, 6.45) is 0. The summed E-state index contributed by atoms with van der Waals surface area (Å²) in [6, 6.07) is 5.50. The highest BCUT2D eigenvalue weighted by Gasteiger charge is 2.16. The van der Waals surface area contributed by atoms with Gasteiger partial charge in [-0.1, -0.05) is 15.9 Å². The van der Waals surface area contributed by atoms with E-state index in [1.165, 1.54) is 0 Å². The van der Waals surface area contributed by atoms with Crippen molar-refractivity contribution in [3.8, 4) is 5.75 Å². The van der Waals surface area contributed by atoms with Gasteiger partial charge in [0.1, 0.15) is 5.75 Å². The zero-order valence-corrected chi connectivity index (χ0v) is 12.7. The number of amides is 1. The van der Waals surface area contributed by atoms with Crippen molar-refractivity contribution in [2.75, 3.05) is 13.2 Å². The molecule has 1 amide bonds. The van der Waals surface area contributed by atoms with E-state index in [2.05, 4.69) is 21.2 Å². The lowest BCUT2D eigenvalue weighted by molar-refractivity contribution is -0.119. The Morgan fingerprint density at radius 3 is 2.79 bits per heavy atom. The minimum atomic E-state index is -0.516. The molecule has 1 aromatic carbocycles. The number of primary amides is 1. The van der Waals surface area contributed by atoms with Gasteiger partial charge in [0, 0.05) is 22.1 Å². The predicted molar refractivity (Wildman–Crippen MR) is 76.8 cm³/mol. The number of ether oxygens (including phenoxy) is 1. The maximum atomic E-state index is 10.8. The van der Waals surface area contributed by atoms with Crippen molar-refractivity contribution in [2.24, 2.45) is 5.73 Å². The zero-order chi connectivity index (χ0) is 14.5. The number of benzene rings is 1. The van der Waals surface area contributed by atoms with E-state index in [-0.39, 0.29) is 18.8 Å². The van der Waals surface area contributed by atoms with Crippen LogP contribution in [0.1, 0.15) is 19.4 Å². The standard InChI is InChI=1S/C13H19BrN2O3/c1-13(2,8-17)16-6-9-5-10(14)3-4-11(9)19-7-12(15)18/h3-5,16-17H,6-8H2,1-2H3,(H2,15,18). The number of carbonyl (C=O) groups is 1. The van der Waals surface area contributed by atoms with E-state index in [1.807, 2.05) is 26.0 Å². The molecule has 0 heterocycles. The molecule has 0 atom stereocenters. The Balaban J connectivity index is 2.79. The molecule has 5 nitrogen and oxygen atoms in total. The van der Waals surface area contributed by atoms with Gasteiger partial charge < -0.3 is 20.9 Å². The number of rotatable bonds is 7. The minimum Gasteiger partial charge on any atom is -0.483 e. The van der Waals surface area contributed by atoms with E-state index in [1.54, 1.807) is 6.07 Å². The largest absolute Gasteiger partial charge is 0.483 e. The molecule has 4 N–H and O–H groups in total. The quantitative estimate of drug-likeness (QED) is 0.700. The van der Waals surface area contributed by atoms with Crippen LogP contribution >= 0.6 is 15.9 Å². The van der Waals surface area contributed by atoms with Crippen molar-refractivity contribution in [1.82, 2.24) is 5.32 Å². The Kier molecular flexibility index (Phi) is 5.78. The van der Waals surface area contributed by atoms with E-state index in [4.69, 9.17) is 10.5 Å². The molecule has 1 rings (SSSR count). The van der Waals surface area contributed by atoms with Crippen LogP contribution in [-0.2, 0) is 11.3 Å². The number of nitrogens with two attached hydrogens (primary N) is 1. The van der Waals surface area contributed by atoms with Gasteiger partial charge in [-0.3, -0.25) is 4.79 Å². The SMILES string of the molecule is CC(C)(CO)NCc1cc(Br)ccc1OCC(N)=O. The fourth-order valence-electron chi connectivity index (χ4n) is 1.37. The van der Waals surface area contributed by atoms with Crippen LogP contribution < -0.4 is 15.8 Å². The molecule has 19 heavy (non-hydrogen) atoms. The molecule has 1 aromatic rings. The molecule has 0 spiro atoms. The summed E-state index contributed by atoms with van der Waals surface area (Å²) in [6.45, 7) is 4.18. The lowest BCUT2D eigenvalue weighted by Gasteiger charge is -2.24. The van der Waals surface area contributed by atoms with Gasteiger partial charge in [-0.2, -0.15) is 0 Å². The van der Waals surface area contributed by atoms with Crippen LogP contribution in [0.3, 0.4) is 0 Å². The van der Waals surface area contributed by atoms with Crippen molar-refractivity contribution in [3.05, 3.63) is 28.2 Å². The normalized spacial score (nSPS) is 11.4. The number of aliphatic hydroxyl groups excluding tert-OH is 1. The van der Waals surface area contributed by atoms with E-state index < -0.39 is 5.91 Å². The monoisotopic (exact) mass is 330 g/mol. The molecule has 0 bridgehead atoms. The fourth-order valence-corrected chi connectivity index (χ4v) is 1.77. The van der Waals surface area contributed by atoms with E-state index >= 15 is 0 Å². The van der Waals surface area contributed by atoms with E-state index in [9.17, 15) is 9.90 Å². The number of hydrogen-bond donors (Lipinski definition) is 3. The van der Waals surface area contributed by atoms with Crippen molar-refractivity contribution in [3.63, 3.8) is 0 Å². The summed E-state index contributed by atoms with van der Waals surface area (Å²) in [5.74, 6) is 0.0840. The first kappa shape index (κ1) is 15.9. The summed E-state index contributed by atoms with van der Waals surface area (Å²) >= 11 is 3.39. The van der Waals surface area contributed by atoms with Gasteiger partial charge in [-0.25, -0.2) is 0 Å². The lowest BCUT2D eigenvalue weighted by Crippen LogP contribution is -2.42. The third kappa shape index (κ3) is 5.59. The topological polar surface area (TPSA) is 84.6 Å². The molecular formula is C13H19BrN2O3. The molecule has 0 aliphatic heterocycles. The second-order valence-electron chi connectivity index (χ2n) is 4.90. The minimum absolute atomic E-state index is 0.0263. The van der Waals surface area contributed by atoms with Crippen LogP contribution in [0.25, 0.3) is 0 Å². The number of aliphatic hydroxyl groups is 1. The zero-order valence-electron chi connectivity index (χ0n) is 11.1. The van der Waals surface area contributed by atoms with E-state index in [0.717, 1.165) is 10.0 Å². The van der Waals surface area contributed by atoms with Crippen LogP contribution in [0.5, 0.6) is 5.75 Å². The van der Waals surface area contributed by atoms with Gasteiger partial charge in [0.05, 0.1) is 6.61 Å². The highest BCUT2D eigenvalue weighted by molar-refractivity contribution is 9.10. The van der Waals surface area contributed by atoms with Gasteiger partial charge in [0.2, 0.25) is 0 Å². The third-order valence-corrected chi connectivity index (χ3v) is 3.04. The molecule has 0 radical (unpaired) electrons. The Morgan fingerprint density at radius 1 is 1.53 bits per heavy atom. The molecule has 106 valence electrons. The highest BCUT2D eigenvalue weighted by Crippen LogP contribution is 2.23. The molecule has 6 heteroatoms. The van der Waals surface area contributed by atoms with Crippen molar-refractivity contribution in [1.29, 1.82) is 0 Å². The molecule has 0 fully saturated rings. The first-order valence-corrected chi connectivity index (χ1v) is 6.69. The first-order valence-electron chi connectivity index (χ1n) is 5.89.